The number of halogens is 3. The van der Waals surface area contributed by atoms with Crippen LogP contribution in [-0.2, 0) is 11.3 Å². The van der Waals surface area contributed by atoms with Crippen LogP contribution < -0.4 is 0 Å². The average Bonchev–Trinajstić information content (AvgIpc) is 2.46. The number of hydrogen-bond donors (Lipinski definition) is 0. The number of esters is 1. The Balaban J connectivity index is 2.16. The minimum absolute atomic E-state index is 0.0287. The van der Waals surface area contributed by atoms with Gasteiger partial charge in [0, 0.05) is 11.6 Å². The zero-order valence-electron chi connectivity index (χ0n) is 10.9. The van der Waals surface area contributed by atoms with Crippen molar-refractivity contribution in [2.24, 2.45) is 0 Å². The number of nitro benzene ring substituents is 1. The Labute approximate surface area is 134 Å². The molecule has 0 aromatic heterocycles. The monoisotopic (exact) mass is 343 g/mol. The number of carbonyl (C=O) groups is 1. The number of nitro groups is 1. The van der Waals surface area contributed by atoms with Gasteiger partial charge in [-0.2, -0.15) is 0 Å². The van der Waals surface area contributed by atoms with Crippen LogP contribution in [0.2, 0.25) is 10.0 Å². The summed E-state index contributed by atoms with van der Waals surface area (Å²) in [5.41, 5.74) is -0.454. The molecular formula is C14H8Cl2FNO4. The molecule has 2 rings (SSSR count). The molecule has 0 saturated heterocycles. The molecule has 0 amide bonds. The highest BCUT2D eigenvalue weighted by Gasteiger charge is 2.18. The van der Waals surface area contributed by atoms with Crippen molar-refractivity contribution in [2.75, 3.05) is 0 Å². The fourth-order valence-corrected chi connectivity index (χ4v) is 2.07. The molecule has 0 atom stereocenters. The molecule has 0 unspecified atom stereocenters. The summed E-state index contributed by atoms with van der Waals surface area (Å²) in [6, 6.07) is 7.55. The van der Waals surface area contributed by atoms with Crippen molar-refractivity contribution in [3.05, 3.63) is 73.5 Å². The van der Waals surface area contributed by atoms with E-state index in [1.165, 1.54) is 30.3 Å². The van der Waals surface area contributed by atoms with E-state index in [-0.39, 0.29) is 27.8 Å². The van der Waals surface area contributed by atoms with E-state index in [1.54, 1.807) is 0 Å². The van der Waals surface area contributed by atoms with Gasteiger partial charge in [-0.3, -0.25) is 10.1 Å². The zero-order chi connectivity index (χ0) is 16.3. The molecule has 0 spiro atoms. The second-order valence-corrected chi connectivity index (χ2v) is 5.01. The Hall–Kier alpha value is -2.18. The fourth-order valence-electron chi connectivity index (χ4n) is 1.67. The second-order valence-electron chi connectivity index (χ2n) is 4.20. The lowest BCUT2D eigenvalue weighted by Gasteiger charge is -2.07. The van der Waals surface area contributed by atoms with Gasteiger partial charge in [0.2, 0.25) is 0 Å². The van der Waals surface area contributed by atoms with Crippen LogP contribution >= 0.6 is 23.2 Å². The summed E-state index contributed by atoms with van der Waals surface area (Å²) in [6.07, 6.45) is 0. The first-order valence-electron chi connectivity index (χ1n) is 5.94. The van der Waals surface area contributed by atoms with E-state index < -0.39 is 22.4 Å². The molecule has 0 heterocycles. The van der Waals surface area contributed by atoms with Crippen molar-refractivity contribution < 1.29 is 18.8 Å². The molecule has 0 bridgehead atoms. The molecule has 2 aromatic rings. The highest BCUT2D eigenvalue weighted by atomic mass is 35.5. The van der Waals surface area contributed by atoms with E-state index in [4.69, 9.17) is 27.9 Å². The summed E-state index contributed by atoms with van der Waals surface area (Å²) in [5, 5.41) is 10.8. The summed E-state index contributed by atoms with van der Waals surface area (Å²) in [4.78, 5) is 21.9. The van der Waals surface area contributed by atoms with Gasteiger partial charge in [0.25, 0.3) is 5.69 Å². The second kappa shape index (κ2) is 6.72. The molecule has 114 valence electrons. The van der Waals surface area contributed by atoms with Crippen LogP contribution in [0.15, 0.2) is 36.4 Å². The van der Waals surface area contributed by atoms with E-state index in [0.29, 0.717) is 0 Å². The van der Waals surface area contributed by atoms with E-state index in [1.807, 2.05) is 0 Å². The lowest BCUT2D eigenvalue weighted by atomic mass is 10.2. The number of nitrogens with zero attached hydrogens (tertiary/aromatic N) is 1. The minimum Gasteiger partial charge on any atom is -0.457 e. The van der Waals surface area contributed by atoms with Gasteiger partial charge in [0.15, 0.2) is 0 Å². The minimum atomic E-state index is -0.848. The van der Waals surface area contributed by atoms with Crippen molar-refractivity contribution >= 4 is 34.9 Å². The quantitative estimate of drug-likeness (QED) is 0.468. The maximum atomic E-state index is 13.5. The molecular weight excluding hydrogens is 336 g/mol. The topological polar surface area (TPSA) is 69.4 Å². The lowest BCUT2D eigenvalue weighted by Crippen LogP contribution is -2.07. The molecule has 0 aliphatic heterocycles. The van der Waals surface area contributed by atoms with Crippen LogP contribution in [0.3, 0.4) is 0 Å². The molecule has 0 saturated carbocycles. The van der Waals surface area contributed by atoms with Crippen molar-refractivity contribution in [1.29, 1.82) is 0 Å². The van der Waals surface area contributed by atoms with Gasteiger partial charge < -0.3 is 4.74 Å². The third-order valence-corrected chi connectivity index (χ3v) is 3.46. The largest absolute Gasteiger partial charge is 0.457 e. The van der Waals surface area contributed by atoms with Crippen LogP contribution in [0.5, 0.6) is 0 Å². The maximum Gasteiger partial charge on any atom is 0.338 e. The molecule has 0 fully saturated rings. The number of carbonyl (C=O) groups excluding carboxylic acids is 1. The van der Waals surface area contributed by atoms with Crippen molar-refractivity contribution in [1.82, 2.24) is 0 Å². The number of benzene rings is 2. The third kappa shape index (κ3) is 3.52. The Morgan fingerprint density at radius 2 is 1.95 bits per heavy atom. The molecule has 0 N–H and O–H groups in total. The van der Waals surface area contributed by atoms with E-state index >= 15 is 0 Å². The first-order valence-corrected chi connectivity index (χ1v) is 6.69. The van der Waals surface area contributed by atoms with Crippen molar-refractivity contribution in [3.63, 3.8) is 0 Å². The molecule has 2 aromatic carbocycles. The summed E-state index contributed by atoms with van der Waals surface area (Å²) in [5.74, 6) is -1.46. The normalized spacial score (nSPS) is 10.3. The van der Waals surface area contributed by atoms with E-state index in [2.05, 4.69) is 0 Å². The van der Waals surface area contributed by atoms with Crippen molar-refractivity contribution in [3.8, 4) is 0 Å². The summed E-state index contributed by atoms with van der Waals surface area (Å²) in [6.45, 7) is -0.388. The van der Waals surface area contributed by atoms with Gasteiger partial charge in [-0.1, -0.05) is 29.3 Å². The van der Waals surface area contributed by atoms with Gasteiger partial charge in [-0.25, -0.2) is 9.18 Å². The lowest BCUT2D eigenvalue weighted by molar-refractivity contribution is -0.384. The summed E-state index contributed by atoms with van der Waals surface area (Å²) < 4.78 is 18.5. The van der Waals surface area contributed by atoms with Crippen LogP contribution in [0.4, 0.5) is 10.1 Å². The molecule has 5 nitrogen and oxygen atoms in total. The molecule has 8 heteroatoms. The molecule has 22 heavy (non-hydrogen) atoms. The van der Waals surface area contributed by atoms with Crippen LogP contribution in [0.1, 0.15) is 15.9 Å². The first-order chi connectivity index (χ1) is 10.4. The Morgan fingerprint density at radius 1 is 1.23 bits per heavy atom. The van der Waals surface area contributed by atoms with E-state index in [9.17, 15) is 19.3 Å². The van der Waals surface area contributed by atoms with Gasteiger partial charge in [0.1, 0.15) is 17.4 Å². The first kappa shape index (κ1) is 16.2. The van der Waals surface area contributed by atoms with Crippen LogP contribution in [-0.4, -0.2) is 10.9 Å². The number of hydrogen-bond acceptors (Lipinski definition) is 4. The van der Waals surface area contributed by atoms with E-state index in [0.717, 1.165) is 6.07 Å². The van der Waals surface area contributed by atoms with Gasteiger partial charge in [-0.05, 0) is 24.3 Å². The molecule has 0 radical (unpaired) electrons. The highest BCUT2D eigenvalue weighted by molar-refractivity contribution is 6.32. The molecule has 0 aliphatic carbocycles. The van der Waals surface area contributed by atoms with Gasteiger partial charge >= 0.3 is 5.97 Å². The predicted octanol–water partition coefficient (Wildman–Crippen LogP) is 4.40. The number of rotatable bonds is 4. The smallest absolute Gasteiger partial charge is 0.338 e. The van der Waals surface area contributed by atoms with Gasteiger partial charge in [-0.15, -0.1) is 0 Å². The number of ether oxygens (including phenoxy) is 1. The maximum absolute atomic E-state index is 13.5. The van der Waals surface area contributed by atoms with Crippen LogP contribution in [0.25, 0.3) is 0 Å². The molecule has 0 aliphatic rings. The van der Waals surface area contributed by atoms with Gasteiger partial charge in [0.05, 0.1) is 15.5 Å². The Morgan fingerprint density at radius 3 is 2.59 bits per heavy atom. The predicted molar refractivity (Wildman–Crippen MR) is 78.6 cm³/mol. The SMILES string of the molecule is O=C(OCc1c(F)cccc1Cl)c1ccc(Cl)c([N+](=O)[O-])c1. The zero-order valence-corrected chi connectivity index (χ0v) is 12.4. The highest BCUT2D eigenvalue weighted by Crippen LogP contribution is 2.26. The summed E-state index contributed by atoms with van der Waals surface area (Å²) >= 11 is 11.5. The Kier molecular flexibility index (Phi) is 4.95. The average molecular weight is 344 g/mol. The standard InChI is InChI=1S/C14H8Cl2FNO4/c15-10-2-1-3-12(17)9(10)7-22-14(19)8-4-5-11(16)13(6-8)18(20)21/h1-6H,7H2. The third-order valence-electron chi connectivity index (χ3n) is 2.79. The Bertz CT molecular complexity index is 731. The summed E-state index contributed by atoms with van der Waals surface area (Å²) in [7, 11) is 0. The van der Waals surface area contributed by atoms with Crippen molar-refractivity contribution in [2.45, 2.75) is 6.61 Å². The van der Waals surface area contributed by atoms with Crippen LogP contribution in [0, 0.1) is 15.9 Å². The fraction of sp³-hybridized carbons (Fsp3) is 0.0714.